The molecule has 4 heteroatoms. The normalized spacial score (nSPS) is 10.3. The summed E-state index contributed by atoms with van der Waals surface area (Å²) in [5.74, 6) is -0.149. The topological polar surface area (TPSA) is 29.1 Å². The number of carbonyl (C=O) groups excluding carboxylic acids is 1. The highest BCUT2D eigenvalue weighted by molar-refractivity contribution is 9.10. The van der Waals surface area contributed by atoms with Crippen molar-refractivity contribution in [1.82, 2.24) is 0 Å². The van der Waals surface area contributed by atoms with Gasteiger partial charge in [-0.1, -0.05) is 33.6 Å². The molecule has 0 saturated heterocycles. The van der Waals surface area contributed by atoms with Crippen molar-refractivity contribution in [1.29, 1.82) is 0 Å². The highest BCUT2D eigenvalue weighted by Crippen LogP contribution is 2.21. The molecule has 98 valence electrons. The van der Waals surface area contributed by atoms with Crippen LogP contribution in [-0.4, -0.2) is 5.91 Å². The Kier molecular flexibility index (Phi) is 4.27. The minimum atomic E-state index is -0.149. The number of benzene rings is 2. The summed E-state index contributed by atoms with van der Waals surface area (Å²) in [6.07, 6.45) is 0. The first kappa shape index (κ1) is 14.1. The average Bonchev–Trinajstić information content (AvgIpc) is 2.32. The first-order chi connectivity index (χ1) is 8.95. The molecule has 0 aliphatic heterocycles. The van der Waals surface area contributed by atoms with Crippen LogP contribution in [0.25, 0.3) is 0 Å². The molecule has 0 heterocycles. The zero-order valence-electron chi connectivity index (χ0n) is 10.6. The third-order valence-electron chi connectivity index (χ3n) is 2.73. The summed E-state index contributed by atoms with van der Waals surface area (Å²) in [4.78, 5) is 12.1. The van der Waals surface area contributed by atoms with Gasteiger partial charge in [-0.2, -0.15) is 0 Å². The molecule has 19 heavy (non-hydrogen) atoms. The Morgan fingerprint density at radius 2 is 1.89 bits per heavy atom. The van der Waals surface area contributed by atoms with Gasteiger partial charge < -0.3 is 5.32 Å². The number of hydrogen-bond donors (Lipinski definition) is 1. The number of rotatable bonds is 2. The Balaban J connectivity index is 2.22. The standard InChI is InChI=1S/C15H13BrClNO/c1-9-5-11(7-12(16)6-9)15(19)18-13-4-3-10(2)14(17)8-13/h3-8H,1-2H3,(H,18,19). The summed E-state index contributed by atoms with van der Waals surface area (Å²) in [5.41, 5.74) is 3.32. The Labute approximate surface area is 125 Å². The van der Waals surface area contributed by atoms with Gasteiger partial charge in [-0.25, -0.2) is 0 Å². The zero-order valence-corrected chi connectivity index (χ0v) is 13.0. The molecule has 0 saturated carbocycles. The quantitative estimate of drug-likeness (QED) is 0.823. The second-order valence-corrected chi connectivity index (χ2v) is 5.76. The third kappa shape index (κ3) is 3.58. The highest BCUT2D eigenvalue weighted by Gasteiger charge is 2.08. The third-order valence-corrected chi connectivity index (χ3v) is 3.60. The maximum Gasteiger partial charge on any atom is 0.255 e. The van der Waals surface area contributed by atoms with E-state index in [0.717, 1.165) is 15.6 Å². The van der Waals surface area contributed by atoms with Crippen molar-refractivity contribution < 1.29 is 4.79 Å². The van der Waals surface area contributed by atoms with Crippen molar-refractivity contribution in [3.05, 3.63) is 62.6 Å². The van der Waals surface area contributed by atoms with E-state index in [1.807, 2.05) is 38.1 Å². The summed E-state index contributed by atoms with van der Waals surface area (Å²) in [6, 6.07) is 11.1. The van der Waals surface area contributed by atoms with Crippen molar-refractivity contribution in [2.45, 2.75) is 13.8 Å². The lowest BCUT2D eigenvalue weighted by atomic mass is 10.1. The number of hydrogen-bond acceptors (Lipinski definition) is 1. The van der Waals surface area contributed by atoms with Crippen LogP contribution in [0.3, 0.4) is 0 Å². The number of nitrogens with one attached hydrogen (secondary N) is 1. The van der Waals surface area contributed by atoms with Crippen molar-refractivity contribution >= 4 is 39.1 Å². The van der Waals surface area contributed by atoms with E-state index in [1.54, 1.807) is 12.1 Å². The highest BCUT2D eigenvalue weighted by atomic mass is 79.9. The molecule has 0 bridgehead atoms. The Hall–Kier alpha value is -1.32. The van der Waals surface area contributed by atoms with E-state index in [0.29, 0.717) is 16.3 Å². The van der Waals surface area contributed by atoms with Crippen LogP contribution >= 0.6 is 27.5 Å². The molecule has 0 spiro atoms. The molecule has 2 nitrogen and oxygen atoms in total. The van der Waals surface area contributed by atoms with Crippen LogP contribution in [0.15, 0.2) is 40.9 Å². The molecule has 0 atom stereocenters. The van der Waals surface area contributed by atoms with E-state index in [9.17, 15) is 4.79 Å². The molecule has 0 aromatic heterocycles. The lowest BCUT2D eigenvalue weighted by molar-refractivity contribution is 0.102. The number of anilines is 1. The molecule has 0 unspecified atom stereocenters. The van der Waals surface area contributed by atoms with Crippen molar-refractivity contribution in [2.75, 3.05) is 5.32 Å². The second-order valence-electron chi connectivity index (χ2n) is 4.44. The van der Waals surface area contributed by atoms with Gasteiger partial charge in [0.2, 0.25) is 0 Å². The smallest absolute Gasteiger partial charge is 0.255 e. The number of aryl methyl sites for hydroxylation is 2. The van der Waals surface area contributed by atoms with Crippen molar-refractivity contribution in [3.8, 4) is 0 Å². The van der Waals surface area contributed by atoms with E-state index < -0.39 is 0 Å². The number of halogens is 2. The van der Waals surface area contributed by atoms with Crippen LogP contribution in [0.1, 0.15) is 21.5 Å². The summed E-state index contributed by atoms with van der Waals surface area (Å²) in [7, 11) is 0. The molecule has 2 aromatic rings. The molecule has 1 amide bonds. The van der Waals surface area contributed by atoms with E-state index in [2.05, 4.69) is 21.2 Å². The lowest BCUT2D eigenvalue weighted by Gasteiger charge is -2.08. The molecule has 0 aliphatic rings. The van der Waals surface area contributed by atoms with Gasteiger partial charge in [0.05, 0.1) is 0 Å². The Morgan fingerprint density at radius 3 is 2.53 bits per heavy atom. The SMILES string of the molecule is Cc1cc(Br)cc(C(=O)Nc2ccc(C)c(Cl)c2)c1. The fraction of sp³-hybridized carbons (Fsp3) is 0.133. The number of amides is 1. The molecule has 0 fully saturated rings. The molecular formula is C15H13BrClNO. The van der Waals surface area contributed by atoms with Gasteiger partial charge >= 0.3 is 0 Å². The van der Waals surface area contributed by atoms with Crippen molar-refractivity contribution in [2.24, 2.45) is 0 Å². The molecular weight excluding hydrogens is 326 g/mol. The first-order valence-electron chi connectivity index (χ1n) is 5.80. The molecule has 2 aromatic carbocycles. The van der Waals surface area contributed by atoms with Crippen LogP contribution in [-0.2, 0) is 0 Å². The second kappa shape index (κ2) is 5.76. The van der Waals surface area contributed by atoms with Gasteiger partial charge in [0.25, 0.3) is 5.91 Å². The molecule has 0 radical (unpaired) electrons. The molecule has 1 N–H and O–H groups in total. The van der Waals surface area contributed by atoms with E-state index >= 15 is 0 Å². The lowest BCUT2D eigenvalue weighted by Crippen LogP contribution is -2.12. The van der Waals surface area contributed by atoms with E-state index in [-0.39, 0.29) is 5.91 Å². The summed E-state index contributed by atoms with van der Waals surface area (Å²) >= 11 is 9.42. The minimum Gasteiger partial charge on any atom is -0.322 e. The predicted octanol–water partition coefficient (Wildman–Crippen LogP) is 4.97. The Morgan fingerprint density at radius 1 is 1.16 bits per heavy atom. The fourth-order valence-electron chi connectivity index (χ4n) is 1.74. The predicted molar refractivity (Wildman–Crippen MR) is 83.0 cm³/mol. The van der Waals surface area contributed by atoms with Gasteiger partial charge in [-0.15, -0.1) is 0 Å². The van der Waals surface area contributed by atoms with Gasteiger partial charge in [0, 0.05) is 20.7 Å². The van der Waals surface area contributed by atoms with Crippen LogP contribution in [0.4, 0.5) is 5.69 Å². The maximum absolute atomic E-state index is 12.1. The van der Waals surface area contributed by atoms with Crippen LogP contribution < -0.4 is 5.32 Å². The van der Waals surface area contributed by atoms with Crippen LogP contribution in [0.5, 0.6) is 0 Å². The van der Waals surface area contributed by atoms with Gasteiger partial charge in [0.1, 0.15) is 0 Å². The van der Waals surface area contributed by atoms with Crippen LogP contribution in [0.2, 0.25) is 5.02 Å². The fourth-order valence-corrected chi connectivity index (χ4v) is 2.53. The molecule has 0 aliphatic carbocycles. The number of carbonyl (C=O) groups is 1. The zero-order chi connectivity index (χ0) is 14.0. The molecule has 2 rings (SSSR count). The monoisotopic (exact) mass is 337 g/mol. The maximum atomic E-state index is 12.1. The van der Waals surface area contributed by atoms with E-state index in [4.69, 9.17) is 11.6 Å². The summed E-state index contributed by atoms with van der Waals surface area (Å²) < 4.78 is 0.889. The van der Waals surface area contributed by atoms with E-state index in [1.165, 1.54) is 0 Å². The van der Waals surface area contributed by atoms with Gasteiger partial charge in [0.15, 0.2) is 0 Å². The Bertz CT molecular complexity index is 620. The van der Waals surface area contributed by atoms with Crippen LogP contribution in [0, 0.1) is 13.8 Å². The largest absolute Gasteiger partial charge is 0.322 e. The van der Waals surface area contributed by atoms with Crippen molar-refractivity contribution in [3.63, 3.8) is 0 Å². The summed E-state index contributed by atoms with van der Waals surface area (Å²) in [6.45, 7) is 3.87. The summed E-state index contributed by atoms with van der Waals surface area (Å²) in [5, 5.41) is 3.48. The average molecular weight is 339 g/mol. The van der Waals surface area contributed by atoms with Gasteiger partial charge in [-0.05, 0) is 55.3 Å². The minimum absolute atomic E-state index is 0.149. The van der Waals surface area contributed by atoms with Gasteiger partial charge in [-0.3, -0.25) is 4.79 Å². The first-order valence-corrected chi connectivity index (χ1v) is 6.97.